The fourth-order valence-electron chi connectivity index (χ4n) is 2.92. The van der Waals surface area contributed by atoms with Crippen molar-refractivity contribution in [1.29, 1.82) is 0 Å². The summed E-state index contributed by atoms with van der Waals surface area (Å²) < 4.78 is 28.3. The van der Waals surface area contributed by atoms with Gasteiger partial charge in [0.05, 0.1) is 21.1 Å². The fourth-order valence-corrected chi connectivity index (χ4v) is 4.32. The highest BCUT2D eigenvalue weighted by atomic mass is 35.5. The fraction of sp³-hybridized carbons (Fsp3) is 0.0952. The molecule has 0 aliphatic rings. The number of anilines is 3. The number of hydrogen-bond acceptors (Lipinski definition) is 6. The van der Waals surface area contributed by atoms with Crippen LogP contribution in [0.3, 0.4) is 0 Å². The molecule has 33 heavy (non-hydrogen) atoms. The molecule has 0 aliphatic carbocycles. The first-order chi connectivity index (χ1) is 15.5. The molecule has 0 heterocycles. The van der Waals surface area contributed by atoms with Crippen molar-refractivity contribution in [2.75, 3.05) is 29.0 Å². The minimum absolute atomic E-state index is 0.0413. The van der Waals surface area contributed by atoms with E-state index in [1.54, 1.807) is 38.4 Å². The highest BCUT2D eigenvalue weighted by Crippen LogP contribution is 2.31. The van der Waals surface area contributed by atoms with E-state index in [1.807, 2.05) is 0 Å². The van der Waals surface area contributed by atoms with Crippen molar-refractivity contribution in [2.24, 2.45) is 0 Å². The lowest BCUT2D eigenvalue weighted by Crippen LogP contribution is -2.19. The van der Waals surface area contributed by atoms with E-state index >= 15 is 0 Å². The third-order valence-electron chi connectivity index (χ3n) is 4.51. The zero-order valence-corrected chi connectivity index (χ0v) is 19.7. The highest BCUT2D eigenvalue weighted by molar-refractivity contribution is 7.92. The number of nitro groups is 1. The second-order valence-corrected chi connectivity index (χ2v) is 9.61. The molecule has 0 aliphatic heterocycles. The third-order valence-corrected chi connectivity index (χ3v) is 6.36. The second-order valence-electron chi connectivity index (χ2n) is 7.06. The van der Waals surface area contributed by atoms with E-state index in [1.165, 1.54) is 35.2 Å². The minimum atomic E-state index is -4.27. The van der Waals surface area contributed by atoms with Gasteiger partial charge < -0.3 is 10.2 Å². The van der Waals surface area contributed by atoms with Crippen molar-refractivity contribution in [1.82, 2.24) is 0 Å². The highest BCUT2D eigenvalue weighted by Gasteiger charge is 2.24. The molecular weight excluding hydrogens is 491 g/mol. The first-order valence-electron chi connectivity index (χ1n) is 9.33. The van der Waals surface area contributed by atoms with Gasteiger partial charge in [-0.25, -0.2) is 8.42 Å². The van der Waals surface area contributed by atoms with Crippen LogP contribution in [0.25, 0.3) is 0 Å². The summed E-state index contributed by atoms with van der Waals surface area (Å²) in [5, 5.41) is 14.8. The van der Waals surface area contributed by atoms with E-state index < -0.39 is 20.9 Å². The smallest absolute Gasteiger partial charge is 0.293 e. The van der Waals surface area contributed by atoms with Crippen LogP contribution in [0.2, 0.25) is 10.0 Å². The lowest BCUT2D eigenvalue weighted by atomic mass is 10.1. The predicted octanol–water partition coefficient (Wildman–Crippen LogP) is 5.02. The molecule has 0 radical (unpaired) electrons. The van der Waals surface area contributed by atoms with Crippen molar-refractivity contribution in [3.05, 3.63) is 86.4 Å². The summed E-state index contributed by atoms with van der Waals surface area (Å²) in [6.07, 6.45) is 0. The molecule has 0 fully saturated rings. The van der Waals surface area contributed by atoms with Gasteiger partial charge in [0.15, 0.2) is 0 Å². The maximum absolute atomic E-state index is 13.0. The first kappa shape index (κ1) is 24.3. The Hall–Kier alpha value is -3.34. The second kappa shape index (κ2) is 9.65. The largest absolute Gasteiger partial charge is 0.372 e. The number of nitrogens with one attached hydrogen (secondary N) is 2. The summed E-state index contributed by atoms with van der Waals surface area (Å²) >= 11 is 11.9. The zero-order valence-electron chi connectivity index (χ0n) is 17.4. The van der Waals surface area contributed by atoms with Crippen molar-refractivity contribution >= 4 is 61.9 Å². The van der Waals surface area contributed by atoms with Crippen LogP contribution in [0.1, 0.15) is 10.4 Å². The molecule has 0 unspecified atom stereocenters. The van der Waals surface area contributed by atoms with Gasteiger partial charge in [-0.3, -0.25) is 19.6 Å². The first-order valence-corrected chi connectivity index (χ1v) is 11.6. The van der Waals surface area contributed by atoms with Gasteiger partial charge in [0.25, 0.3) is 21.6 Å². The maximum atomic E-state index is 13.0. The molecule has 0 atom stereocenters. The summed E-state index contributed by atoms with van der Waals surface area (Å²) in [7, 11) is -1.06. The van der Waals surface area contributed by atoms with E-state index in [0.717, 1.165) is 6.07 Å². The average Bonchev–Trinajstić information content (AvgIpc) is 2.75. The van der Waals surface area contributed by atoms with Crippen molar-refractivity contribution in [3.63, 3.8) is 0 Å². The van der Waals surface area contributed by atoms with Gasteiger partial charge in [0.2, 0.25) is 0 Å². The summed E-state index contributed by atoms with van der Waals surface area (Å²) in [6, 6.07) is 13.9. The summed E-state index contributed by atoms with van der Waals surface area (Å²) in [5.41, 5.74) is 0.215. The normalized spacial score (nSPS) is 11.0. The molecule has 3 aromatic carbocycles. The lowest BCUT2D eigenvalue weighted by molar-refractivity contribution is -0.384. The van der Waals surface area contributed by atoms with Gasteiger partial charge in [0.1, 0.15) is 5.69 Å². The Balaban J connectivity index is 1.96. The Morgan fingerprint density at radius 3 is 2.21 bits per heavy atom. The van der Waals surface area contributed by atoms with Crippen LogP contribution < -0.4 is 14.9 Å². The number of halogens is 2. The monoisotopic (exact) mass is 508 g/mol. The molecule has 1 amide bonds. The quantitative estimate of drug-likeness (QED) is 0.341. The molecule has 9 nitrogen and oxygen atoms in total. The van der Waals surface area contributed by atoms with E-state index in [4.69, 9.17) is 23.2 Å². The summed E-state index contributed by atoms with van der Waals surface area (Å²) in [5.74, 6) is -0.619. The topological polar surface area (TPSA) is 122 Å². The van der Waals surface area contributed by atoms with Crippen LogP contribution >= 0.6 is 23.2 Å². The number of carbonyl (C=O) groups excluding carboxylic acids is 1. The zero-order chi connectivity index (χ0) is 24.3. The van der Waals surface area contributed by atoms with Crippen LogP contribution in [0.4, 0.5) is 22.7 Å². The number of hydrogen-bond donors (Lipinski definition) is 2. The molecule has 172 valence electrons. The Bertz CT molecular complexity index is 1330. The number of nitro benzene ring substituents is 1. The summed E-state index contributed by atoms with van der Waals surface area (Å²) in [4.78, 5) is 24.8. The van der Waals surface area contributed by atoms with E-state index in [9.17, 15) is 23.3 Å². The Morgan fingerprint density at radius 2 is 1.61 bits per heavy atom. The number of rotatable bonds is 7. The van der Waals surface area contributed by atoms with Gasteiger partial charge in [-0.2, -0.15) is 0 Å². The number of sulfonamides is 1. The Labute approximate surface area is 200 Å². The molecule has 0 saturated heterocycles. The molecule has 0 aromatic heterocycles. The average molecular weight is 509 g/mol. The molecular formula is C21H18Cl2N4O5S. The Kier molecular flexibility index (Phi) is 7.11. The number of amides is 1. The molecule has 0 bridgehead atoms. The molecule has 3 aromatic rings. The SMILES string of the molecule is CN(C)c1ccc(S(=O)(=O)Nc2ccc(Cl)cc2C(=O)Nc2ccc(Cl)cc2)cc1[N+](=O)[O-]. The third kappa shape index (κ3) is 5.72. The Morgan fingerprint density at radius 1 is 0.970 bits per heavy atom. The number of nitrogens with zero attached hydrogens (tertiary/aromatic N) is 2. The van der Waals surface area contributed by atoms with Crippen LogP contribution in [0.15, 0.2) is 65.6 Å². The summed E-state index contributed by atoms with van der Waals surface area (Å²) in [6.45, 7) is 0. The molecule has 0 saturated carbocycles. The standard InChI is InChI=1S/C21H18Cl2N4O5S/c1-26(2)19-10-8-16(12-20(19)27(29)30)33(31,32)25-18-9-5-14(23)11-17(18)21(28)24-15-6-3-13(22)4-7-15/h3-12,25H,1-2H3,(H,24,28). The lowest BCUT2D eigenvalue weighted by Gasteiger charge is -2.15. The van der Waals surface area contributed by atoms with Gasteiger partial charge in [-0.15, -0.1) is 0 Å². The maximum Gasteiger partial charge on any atom is 0.293 e. The van der Waals surface area contributed by atoms with Crippen LogP contribution in [-0.4, -0.2) is 33.3 Å². The van der Waals surface area contributed by atoms with Crippen LogP contribution in [0, 0.1) is 10.1 Å². The van der Waals surface area contributed by atoms with Crippen molar-refractivity contribution in [3.8, 4) is 0 Å². The van der Waals surface area contributed by atoms with E-state index in [-0.39, 0.29) is 32.5 Å². The number of carbonyl (C=O) groups is 1. The molecule has 0 spiro atoms. The number of benzene rings is 3. The van der Waals surface area contributed by atoms with Gasteiger partial charge >= 0.3 is 0 Å². The minimum Gasteiger partial charge on any atom is -0.372 e. The molecule has 2 N–H and O–H groups in total. The van der Waals surface area contributed by atoms with Gasteiger partial charge in [-0.1, -0.05) is 23.2 Å². The van der Waals surface area contributed by atoms with Gasteiger partial charge in [0, 0.05) is 35.9 Å². The van der Waals surface area contributed by atoms with Crippen molar-refractivity contribution in [2.45, 2.75) is 4.90 Å². The van der Waals surface area contributed by atoms with E-state index in [2.05, 4.69) is 10.0 Å². The van der Waals surface area contributed by atoms with Crippen LogP contribution in [-0.2, 0) is 10.0 Å². The van der Waals surface area contributed by atoms with Crippen molar-refractivity contribution < 1.29 is 18.1 Å². The molecule has 3 rings (SSSR count). The molecule has 12 heteroatoms. The van der Waals surface area contributed by atoms with Crippen LogP contribution in [0.5, 0.6) is 0 Å². The predicted molar refractivity (Wildman–Crippen MR) is 129 cm³/mol. The van der Waals surface area contributed by atoms with E-state index in [0.29, 0.717) is 10.7 Å². The van der Waals surface area contributed by atoms with Gasteiger partial charge in [-0.05, 0) is 54.6 Å².